The average Bonchev–Trinajstić information content (AvgIpc) is 2.99. The summed E-state index contributed by atoms with van der Waals surface area (Å²) < 4.78 is 13.7. The molecule has 0 spiro atoms. The predicted molar refractivity (Wildman–Crippen MR) is 93.8 cm³/mol. The van der Waals surface area contributed by atoms with E-state index >= 15 is 0 Å². The van der Waals surface area contributed by atoms with Gasteiger partial charge in [0.25, 0.3) is 0 Å². The van der Waals surface area contributed by atoms with Crippen molar-refractivity contribution in [2.75, 3.05) is 12.0 Å². The van der Waals surface area contributed by atoms with Crippen LogP contribution in [0.4, 0.5) is 4.39 Å². The van der Waals surface area contributed by atoms with E-state index in [1.54, 1.807) is 23.6 Å². The molecule has 0 unspecified atom stereocenters. The molecular formula is C16H17FN2O3S2. The zero-order valence-corrected chi connectivity index (χ0v) is 14.6. The Balaban J connectivity index is 2.00. The highest BCUT2D eigenvalue weighted by Crippen LogP contribution is 2.26. The van der Waals surface area contributed by atoms with Crippen LogP contribution in [0.2, 0.25) is 0 Å². The van der Waals surface area contributed by atoms with Crippen molar-refractivity contribution in [3.05, 3.63) is 41.2 Å². The van der Waals surface area contributed by atoms with Crippen molar-refractivity contribution in [2.45, 2.75) is 18.9 Å². The molecule has 2 N–H and O–H groups in total. The number of amides is 1. The summed E-state index contributed by atoms with van der Waals surface area (Å²) in [7, 11) is 0. The number of thiazole rings is 1. The van der Waals surface area contributed by atoms with Gasteiger partial charge < -0.3 is 10.4 Å². The van der Waals surface area contributed by atoms with Crippen LogP contribution in [0.25, 0.3) is 10.6 Å². The number of nitrogens with one attached hydrogen (secondary N) is 1. The highest BCUT2D eigenvalue weighted by molar-refractivity contribution is 7.98. The SMILES string of the molecule is CSCC[C@@H](NC(=O)Cc1csc(-c2ccccc2F)n1)C(=O)O. The minimum absolute atomic E-state index is 0.0337. The van der Waals surface area contributed by atoms with Gasteiger partial charge in [-0.15, -0.1) is 11.3 Å². The zero-order chi connectivity index (χ0) is 17.5. The Hall–Kier alpha value is -1.93. The molecule has 1 aromatic carbocycles. The van der Waals surface area contributed by atoms with E-state index in [1.165, 1.54) is 29.2 Å². The lowest BCUT2D eigenvalue weighted by Gasteiger charge is -2.13. The van der Waals surface area contributed by atoms with Crippen LogP contribution in [-0.2, 0) is 16.0 Å². The first-order valence-corrected chi connectivity index (χ1v) is 9.49. The molecule has 0 fully saturated rings. The van der Waals surface area contributed by atoms with Crippen molar-refractivity contribution in [1.82, 2.24) is 10.3 Å². The van der Waals surface area contributed by atoms with Gasteiger partial charge in [-0.25, -0.2) is 14.2 Å². The Morgan fingerprint density at radius 1 is 1.42 bits per heavy atom. The van der Waals surface area contributed by atoms with Gasteiger partial charge in [0.15, 0.2) is 0 Å². The molecule has 8 heteroatoms. The summed E-state index contributed by atoms with van der Waals surface area (Å²) in [6, 6.07) is 5.39. The molecule has 2 rings (SSSR count). The zero-order valence-electron chi connectivity index (χ0n) is 13.0. The molecule has 24 heavy (non-hydrogen) atoms. The van der Waals surface area contributed by atoms with Crippen molar-refractivity contribution in [3.8, 4) is 10.6 Å². The van der Waals surface area contributed by atoms with Crippen molar-refractivity contribution in [3.63, 3.8) is 0 Å². The first kappa shape index (κ1) is 18.4. The molecule has 0 aliphatic rings. The highest BCUT2D eigenvalue weighted by Gasteiger charge is 2.20. The van der Waals surface area contributed by atoms with Crippen LogP contribution in [0.15, 0.2) is 29.6 Å². The van der Waals surface area contributed by atoms with E-state index in [9.17, 15) is 14.0 Å². The van der Waals surface area contributed by atoms with Gasteiger partial charge in [-0.2, -0.15) is 11.8 Å². The number of aromatic nitrogens is 1. The first-order valence-electron chi connectivity index (χ1n) is 7.21. The molecule has 1 aromatic heterocycles. The van der Waals surface area contributed by atoms with Crippen molar-refractivity contribution < 1.29 is 19.1 Å². The minimum Gasteiger partial charge on any atom is -0.480 e. The monoisotopic (exact) mass is 368 g/mol. The second kappa shape index (κ2) is 8.79. The summed E-state index contributed by atoms with van der Waals surface area (Å²) in [6.07, 6.45) is 2.20. The van der Waals surface area contributed by atoms with Gasteiger partial charge >= 0.3 is 5.97 Å². The van der Waals surface area contributed by atoms with Crippen LogP contribution in [0.5, 0.6) is 0 Å². The lowest BCUT2D eigenvalue weighted by atomic mass is 10.2. The van der Waals surface area contributed by atoms with Crippen molar-refractivity contribution >= 4 is 35.0 Å². The normalized spacial score (nSPS) is 11.9. The second-order valence-electron chi connectivity index (χ2n) is 5.04. The third-order valence-electron chi connectivity index (χ3n) is 3.24. The van der Waals surface area contributed by atoms with Gasteiger partial charge in [-0.1, -0.05) is 12.1 Å². The Morgan fingerprint density at radius 2 is 2.17 bits per heavy atom. The fraction of sp³-hybridized carbons (Fsp3) is 0.312. The third-order valence-corrected chi connectivity index (χ3v) is 4.81. The molecule has 1 atom stereocenters. The molecule has 0 aliphatic heterocycles. The number of carboxylic acid groups (broad SMARTS) is 1. The number of aliphatic carboxylic acids is 1. The molecule has 1 heterocycles. The molecule has 128 valence electrons. The molecule has 5 nitrogen and oxygen atoms in total. The number of rotatable bonds is 8. The summed E-state index contributed by atoms with van der Waals surface area (Å²) >= 11 is 2.77. The minimum atomic E-state index is -1.05. The molecule has 1 amide bonds. The second-order valence-corrected chi connectivity index (χ2v) is 6.88. The smallest absolute Gasteiger partial charge is 0.326 e. The number of carbonyl (C=O) groups excluding carboxylic acids is 1. The van der Waals surface area contributed by atoms with Gasteiger partial charge in [0, 0.05) is 10.9 Å². The highest BCUT2D eigenvalue weighted by atomic mass is 32.2. The Kier molecular flexibility index (Phi) is 6.74. The maximum Gasteiger partial charge on any atom is 0.326 e. The Labute approximate surface area is 147 Å². The average molecular weight is 368 g/mol. The molecule has 2 aromatic rings. The summed E-state index contributed by atoms with van der Waals surface area (Å²) in [5, 5.41) is 13.8. The summed E-state index contributed by atoms with van der Waals surface area (Å²) in [5.41, 5.74) is 0.877. The van der Waals surface area contributed by atoms with E-state index in [1.807, 2.05) is 6.26 Å². The number of benzene rings is 1. The summed E-state index contributed by atoms with van der Waals surface area (Å²) in [4.78, 5) is 27.4. The third kappa shape index (κ3) is 5.04. The van der Waals surface area contributed by atoms with Crippen LogP contribution >= 0.6 is 23.1 Å². The fourth-order valence-electron chi connectivity index (χ4n) is 2.05. The quantitative estimate of drug-likeness (QED) is 0.749. The van der Waals surface area contributed by atoms with Gasteiger partial charge in [0.2, 0.25) is 5.91 Å². The number of halogens is 1. The number of thioether (sulfide) groups is 1. The predicted octanol–water partition coefficient (Wildman–Crippen LogP) is 2.81. The molecule has 0 bridgehead atoms. The number of hydrogen-bond donors (Lipinski definition) is 2. The lowest BCUT2D eigenvalue weighted by Crippen LogP contribution is -2.41. The lowest BCUT2D eigenvalue weighted by molar-refractivity contribution is -0.141. The largest absolute Gasteiger partial charge is 0.480 e. The molecule has 0 saturated heterocycles. The first-order chi connectivity index (χ1) is 11.5. The van der Waals surface area contributed by atoms with Crippen LogP contribution in [0.1, 0.15) is 12.1 Å². The van der Waals surface area contributed by atoms with E-state index in [-0.39, 0.29) is 12.2 Å². The molecule has 0 radical (unpaired) electrons. The number of carbonyl (C=O) groups is 2. The van der Waals surface area contributed by atoms with E-state index in [0.29, 0.717) is 28.4 Å². The number of nitrogens with zero attached hydrogens (tertiary/aromatic N) is 1. The Morgan fingerprint density at radius 3 is 2.83 bits per heavy atom. The maximum absolute atomic E-state index is 13.7. The van der Waals surface area contributed by atoms with E-state index in [4.69, 9.17) is 5.11 Å². The number of hydrogen-bond acceptors (Lipinski definition) is 5. The molecular weight excluding hydrogens is 351 g/mol. The topological polar surface area (TPSA) is 79.3 Å². The van der Waals surface area contributed by atoms with Crippen LogP contribution < -0.4 is 5.32 Å². The van der Waals surface area contributed by atoms with E-state index in [0.717, 1.165) is 0 Å². The number of carboxylic acids is 1. The Bertz CT molecular complexity index is 721. The standard InChI is InChI=1S/C16H17FN2O3S2/c1-23-7-6-13(16(21)22)19-14(20)8-10-9-24-15(18-10)11-4-2-3-5-12(11)17/h2-5,9,13H,6-8H2,1H3,(H,19,20)(H,21,22)/t13-/m1/s1. The van der Waals surface area contributed by atoms with Gasteiger partial charge in [0.1, 0.15) is 16.9 Å². The van der Waals surface area contributed by atoms with Gasteiger partial charge in [0.05, 0.1) is 12.1 Å². The van der Waals surface area contributed by atoms with Crippen LogP contribution in [-0.4, -0.2) is 40.0 Å². The van der Waals surface area contributed by atoms with Gasteiger partial charge in [-0.05, 0) is 30.6 Å². The fourth-order valence-corrected chi connectivity index (χ4v) is 3.37. The van der Waals surface area contributed by atoms with Crippen molar-refractivity contribution in [1.29, 1.82) is 0 Å². The van der Waals surface area contributed by atoms with Gasteiger partial charge in [-0.3, -0.25) is 4.79 Å². The maximum atomic E-state index is 13.7. The molecule has 0 saturated carbocycles. The van der Waals surface area contributed by atoms with Crippen molar-refractivity contribution in [2.24, 2.45) is 0 Å². The van der Waals surface area contributed by atoms with E-state index in [2.05, 4.69) is 10.3 Å². The molecule has 0 aliphatic carbocycles. The summed E-state index contributed by atoms with van der Waals surface area (Å²) in [5.74, 6) is -1.19. The van der Waals surface area contributed by atoms with Crippen LogP contribution in [0.3, 0.4) is 0 Å². The van der Waals surface area contributed by atoms with E-state index < -0.39 is 17.9 Å². The van der Waals surface area contributed by atoms with Crippen LogP contribution in [0, 0.1) is 5.82 Å². The summed E-state index contributed by atoms with van der Waals surface area (Å²) in [6.45, 7) is 0.